The highest BCUT2D eigenvalue weighted by atomic mass is 32.2. The second-order valence-electron chi connectivity index (χ2n) is 9.08. The first-order valence-corrected chi connectivity index (χ1v) is 15.1. The lowest BCUT2D eigenvalue weighted by Gasteiger charge is -2.03. The van der Waals surface area contributed by atoms with Gasteiger partial charge in [-0.05, 0) is 19.3 Å². The maximum absolute atomic E-state index is 10.5. The minimum absolute atomic E-state index is 0.0779. The largest absolute Gasteiger partial charge is 0.286 e. The Labute approximate surface area is 196 Å². The van der Waals surface area contributed by atoms with Gasteiger partial charge in [0.15, 0.2) is 0 Å². The van der Waals surface area contributed by atoms with Gasteiger partial charge in [-0.1, -0.05) is 142 Å². The summed E-state index contributed by atoms with van der Waals surface area (Å²) in [5.74, 6) is -0.0779. The fourth-order valence-electron chi connectivity index (χ4n) is 3.72. The van der Waals surface area contributed by atoms with Gasteiger partial charge in [0, 0.05) is 0 Å². The van der Waals surface area contributed by atoms with Crippen LogP contribution in [0.1, 0.15) is 155 Å². The van der Waals surface area contributed by atoms with Crippen LogP contribution >= 0.6 is 0 Å². The van der Waals surface area contributed by atoms with Crippen molar-refractivity contribution in [2.75, 3.05) is 5.75 Å². The summed E-state index contributed by atoms with van der Waals surface area (Å²) in [6, 6.07) is 0. The Bertz CT molecular complexity index is 432. The Hall–Kier alpha value is -0.350. The van der Waals surface area contributed by atoms with Crippen molar-refractivity contribution in [3.05, 3.63) is 12.7 Å². The van der Waals surface area contributed by atoms with Crippen molar-refractivity contribution < 1.29 is 13.0 Å². The van der Waals surface area contributed by atoms with Crippen LogP contribution < -0.4 is 0 Å². The van der Waals surface area contributed by atoms with Crippen LogP contribution in [0, 0.1) is 0 Å². The fourth-order valence-corrected chi connectivity index (χ4v) is 4.29. The molecule has 0 spiro atoms. The van der Waals surface area contributed by atoms with Gasteiger partial charge < -0.3 is 0 Å². The molecule has 0 aliphatic carbocycles. The summed E-state index contributed by atoms with van der Waals surface area (Å²) in [4.78, 5) is 0. The fraction of sp³-hybridized carbons (Fsp3) is 0.926. The molecule has 0 aliphatic rings. The molecule has 31 heavy (non-hydrogen) atoms. The lowest BCUT2D eigenvalue weighted by Crippen LogP contribution is -2.03. The maximum Gasteiger partial charge on any atom is 0.264 e. The van der Waals surface area contributed by atoms with E-state index >= 15 is 0 Å². The van der Waals surface area contributed by atoms with Crippen molar-refractivity contribution in [1.82, 2.24) is 0 Å². The highest BCUT2D eigenvalue weighted by Crippen LogP contribution is 2.13. The molecule has 0 saturated carbocycles. The molecule has 0 atom stereocenters. The minimum Gasteiger partial charge on any atom is -0.286 e. The van der Waals surface area contributed by atoms with Crippen molar-refractivity contribution in [2.24, 2.45) is 0 Å². The first-order chi connectivity index (χ1) is 15.0. The molecule has 0 aromatic heterocycles. The maximum atomic E-state index is 10.5. The van der Waals surface area contributed by atoms with Crippen LogP contribution in [-0.2, 0) is 10.1 Å². The molecule has 0 aromatic carbocycles. The van der Waals surface area contributed by atoms with Gasteiger partial charge in [-0.15, -0.1) is 6.58 Å². The van der Waals surface area contributed by atoms with E-state index in [9.17, 15) is 8.42 Å². The monoisotopic (exact) mass is 460 g/mol. The van der Waals surface area contributed by atoms with E-state index in [1.54, 1.807) is 0 Å². The first kappa shape index (κ1) is 32.8. The Morgan fingerprint density at radius 2 is 0.839 bits per heavy atom. The van der Waals surface area contributed by atoms with Crippen molar-refractivity contribution in [2.45, 2.75) is 155 Å². The highest BCUT2D eigenvalue weighted by molar-refractivity contribution is 7.85. The van der Waals surface area contributed by atoms with E-state index in [1.807, 2.05) is 6.08 Å². The molecular formula is C27H56O3S. The van der Waals surface area contributed by atoms with Gasteiger partial charge >= 0.3 is 0 Å². The molecule has 188 valence electrons. The average Bonchev–Trinajstić information content (AvgIpc) is 2.73. The normalized spacial score (nSPS) is 11.2. The Morgan fingerprint density at radius 1 is 0.548 bits per heavy atom. The van der Waals surface area contributed by atoms with Gasteiger partial charge in [0.25, 0.3) is 10.1 Å². The summed E-state index contributed by atoms with van der Waals surface area (Å²) in [5.41, 5.74) is 0. The standard InChI is InChI=1S/C18H38O3S.C9H18/c1-2-3-4-5-6-7-8-9-10-11-12-13-14-15-16-17-18-22(19,20)21;1-3-5-7-9-8-6-4-2/h2-18H2,1H3,(H,19,20,21);3H,1,4-9H2,2H3. The molecule has 0 rings (SSSR count). The predicted octanol–water partition coefficient (Wildman–Crippen LogP) is 9.67. The van der Waals surface area contributed by atoms with E-state index in [0.29, 0.717) is 6.42 Å². The molecular weight excluding hydrogens is 404 g/mol. The third kappa shape index (κ3) is 37.3. The summed E-state index contributed by atoms with van der Waals surface area (Å²) in [5, 5.41) is 0. The van der Waals surface area contributed by atoms with Crippen molar-refractivity contribution in [1.29, 1.82) is 0 Å². The number of unbranched alkanes of at least 4 members (excludes halogenated alkanes) is 20. The lowest BCUT2D eigenvalue weighted by molar-refractivity contribution is 0.478. The molecule has 0 saturated heterocycles. The second kappa shape index (κ2) is 27.7. The lowest BCUT2D eigenvalue weighted by atomic mass is 10.0. The van der Waals surface area contributed by atoms with Gasteiger partial charge in [0.2, 0.25) is 0 Å². The van der Waals surface area contributed by atoms with Gasteiger partial charge in [0.1, 0.15) is 0 Å². The summed E-state index contributed by atoms with van der Waals surface area (Å²) >= 11 is 0. The molecule has 0 aliphatic heterocycles. The van der Waals surface area contributed by atoms with Gasteiger partial charge in [-0.3, -0.25) is 4.55 Å². The van der Waals surface area contributed by atoms with Crippen molar-refractivity contribution in [3.8, 4) is 0 Å². The quantitative estimate of drug-likeness (QED) is 0.0937. The highest BCUT2D eigenvalue weighted by Gasteiger charge is 2.02. The molecule has 1 N–H and O–H groups in total. The van der Waals surface area contributed by atoms with Crippen LogP contribution in [0.3, 0.4) is 0 Å². The summed E-state index contributed by atoms with van der Waals surface area (Å²) in [6.07, 6.45) is 30.4. The molecule has 0 heterocycles. The third-order valence-corrected chi connectivity index (χ3v) is 6.57. The van der Waals surface area contributed by atoms with Crippen molar-refractivity contribution >= 4 is 10.1 Å². The van der Waals surface area contributed by atoms with E-state index in [-0.39, 0.29) is 5.75 Å². The SMILES string of the molecule is C=CCCCCCCC.CCCCCCCCCCCCCCCCCCS(=O)(=O)O. The van der Waals surface area contributed by atoms with Crippen LogP contribution in [0.25, 0.3) is 0 Å². The summed E-state index contributed by atoms with van der Waals surface area (Å²) in [6.45, 7) is 8.19. The average molecular weight is 461 g/mol. The zero-order valence-corrected chi connectivity index (χ0v) is 22.0. The van der Waals surface area contributed by atoms with Crippen LogP contribution in [0.15, 0.2) is 12.7 Å². The Kier molecular flexibility index (Phi) is 29.3. The van der Waals surface area contributed by atoms with E-state index in [1.165, 1.54) is 122 Å². The summed E-state index contributed by atoms with van der Waals surface area (Å²) < 4.78 is 29.7. The van der Waals surface area contributed by atoms with E-state index in [4.69, 9.17) is 4.55 Å². The van der Waals surface area contributed by atoms with Gasteiger partial charge in [0.05, 0.1) is 5.75 Å². The smallest absolute Gasteiger partial charge is 0.264 e. The number of hydrogen-bond donors (Lipinski definition) is 1. The molecule has 0 unspecified atom stereocenters. The van der Waals surface area contributed by atoms with Crippen LogP contribution in [0.4, 0.5) is 0 Å². The first-order valence-electron chi connectivity index (χ1n) is 13.5. The predicted molar refractivity (Wildman–Crippen MR) is 140 cm³/mol. The number of hydrogen-bond acceptors (Lipinski definition) is 2. The zero-order chi connectivity index (χ0) is 23.5. The van der Waals surface area contributed by atoms with E-state index in [2.05, 4.69) is 20.4 Å². The van der Waals surface area contributed by atoms with Gasteiger partial charge in [-0.25, -0.2) is 0 Å². The Morgan fingerprint density at radius 3 is 1.13 bits per heavy atom. The van der Waals surface area contributed by atoms with E-state index < -0.39 is 10.1 Å². The molecule has 0 amide bonds. The van der Waals surface area contributed by atoms with Crippen LogP contribution in [0.2, 0.25) is 0 Å². The minimum atomic E-state index is -3.74. The molecule has 4 heteroatoms. The zero-order valence-electron chi connectivity index (χ0n) is 21.2. The number of rotatable bonds is 23. The molecule has 0 radical (unpaired) electrons. The van der Waals surface area contributed by atoms with Crippen LogP contribution in [-0.4, -0.2) is 18.7 Å². The molecule has 0 fully saturated rings. The summed E-state index contributed by atoms with van der Waals surface area (Å²) in [7, 11) is -3.74. The molecule has 0 aromatic rings. The Balaban J connectivity index is 0. The third-order valence-electron chi connectivity index (χ3n) is 5.77. The second-order valence-corrected chi connectivity index (χ2v) is 10.7. The van der Waals surface area contributed by atoms with Crippen molar-refractivity contribution in [3.63, 3.8) is 0 Å². The van der Waals surface area contributed by atoms with Crippen LogP contribution in [0.5, 0.6) is 0 Å². The molecule has 3 nitrogen and oxygen atoms in total. The van der Waals surface area contributed by atoms with Gasteiger partial charge in [-0.2, -0.15) is 8.42 Å². The topological polar surface area (TPSA) is 54.4 Å². The number of allylic oxidation sites excluding steroid dienone is 1. The van der Waals surface area contributed by atoms with E-state index in [0.717, 1.165) is 12.8 Å². The molecule has 0 bridgehead atoms.